The highest BCUT2D eigenvalue weighted by Gasteiger charge is 2.39. The van der Waals surface area contributed by atoms with E-state index in [9.17, 15) is 9.59 Å². The Morgan fingerprint density at radius 1 is 1.28 bits per heavy atom. The van der Waals surface area contributed by atoms with Gasteiger partial charge in [-0.25, -0.2) is 9.48 Å². The van der Waals surface area contributed by atoms with Gasteiger partial charge in [0.15, 0.2) is 5.65 Å². The maximum absolute atomic E-state index is 12.5. The topological polar surface area (TPSA) is 94.4 Å². The number of nitrogens with two attached hydrogens (primary N) is 1. The van der Waals surface area contributed by atoms with Crippen LogP contribution in [0, 0.1) is 11.8 Å². The normalized spacial score (nSPS) is 28.4. The van der Waals surface area contributed by atoms with Crippen molar-refractivity contribution in [1.29, 1.82) is 0 Å². The summed E-state index contributed by atoms with van der Waals surface area (Å²) in [6.07, 6.45) is 7.10. The lowest BCUT2D eigenvalue weighted by Gasteiger charge is -2.45. The molecule has 2 aliphatic carbocycles. The Bertz CT molecular complexity index is 803. The van der Waals surface area contributed by atoms with Gasteiger partial charge in [0.05, 0.1) is 0 Å². The van der Waals surface area contributed by atoms with Crippen molar-refractivity contribution in [3.63, 3.8) is 0 Å². The van der Waals surface area contributed by atoms with E-state index in [-0.39, 0.29) is 42.6 Å². The Hall–Kier alpha value is -1.86. The number of aromatic nitrogens is 3. The van der Waals surface area contributed by atoms with E-state index < -0.39 is 0 Å². The molecule has 25 heavy (non-hydrogen) atoms. The molecule has 136 valence electrons. The van der Waals surface area contributed by atoms with Crippen LogP contribution in [0.3, 0.4) is 0 Å². The second-order valence-electron chi connectivity index (χ2n) is 7.14. The number of amides is 1. The van der Waals surface area contributed by atoms with Gasteiger partial charge in [-0.1, -0.05) is 12.5 Å². The summed E-state index contributed by atoms with van der Waals surface area (Å²) in [5, 5.41) is 7.37. The standard InChI is InChI=1S/C17H23N5O2.ClH/c18-13-8-11-4-3-5-12(9-13)16(11)19-15(23)10-22-17(24)21-7-2-1-6-14(21)20-22;/h1-2,6-7,11-13,16H,3-5,8-10,18H2,(H,19,23);1H. The van der Waals surface area contributed by atoms with Crippen LogP contribution >= 0.6 is 12.4 Å². The van der Waals surface area contributed by atoms with Crippen LogP contribution in [0.1, 0.15) is 32.1 Å². The number of carbonyl (C=O) groups is 1. The second kappa shape index (κ2) is 7.17. The average Bonchev–Trinajstić information content (AvgIpc) is 2.85. The molecule has 7 nitrogen and oxygen atoms in total. The van der Waals surface area contributed by atoms with Crippen molar-refractivity contribution in [1.82, 2.24) is 19.5 Å². The molecule has 4 rings (SSSR count). The number of nitrogens with one attached hydrogen (secondary N) is 1. The molecule has 0 aromatic carbocycles. The average molecular weight is 366 g/mol. The Labute approximate surface area is 152 Å². The molecule has 2 aromatic rings. The Balaban J connectivity index is 0.00000182. The van der Waals surface area contributed by atoms with E-state index in [2.05, 4.69) is 10.4 Å². The summed E-state index contributed by atoms with van der Waals surface area (Å²) in [5.74, 6) is 0.793. The van der Waals surface area contributed by atoms with Crippen molar-refractivity contribution in [2.45, 2.75) is 50.7 Å². The first kappa shape index (κ1) is 17.9. The molecule has 2 saturated carbocycles. The molecule has 2 atom stereocenters. The van der Waals surface area contributed by atoms with Gasteiger partial charge in [0.2, 0.25) is 5.91 Å². The summed E-state index contributed by atoms with van der Waals surface area (Å²) < 4.78 is 2.68. The predicted molar refractivity (Wildman–Crippen MR) is 96.7 cm³/mol. The minimum atomic E-state index is -0.286. The van der Waals surface area contributed by atoms with Crippen LogP contribution in [0.2, 0.25) is 0 Å². The van der Waals surface area contributed by atoms with Gasteiger partial charge in [-0.3, -0.25) is 9.20 Å². The van der Waals surface area contributed by atoms with Crippen LogP contribution in [-0.4, -0.2) is 32.2 Å². The molecule has 2 aromatic heterocycles. The highest BCUT2D eigenvalue weighted by atomic mass is 35.5. The fourth-order valence-electron chi connectivity index (χ4n) is 4.46. The van der Waals surface area contributed by atoms with Gasteiger partial charge in [-0.15, -0.1) is 17.5 Å². The second-order valence-corrected chi connectivity index (χ2v) is 7.14. The van der Waals surface area contributed by atoms with Crippen LogP contribution in [-0.2, 0) is 11.3 Å². The number of hydrogen-bond donors (Lipinski definition) is 2. The highest BCUT2D eigenvalue weighted by Crippen LogP contribution is 2.39. The summed E-state index contributed by atoms with van der Waals surface area (Å²) in [7, 11) is 0. The summed E-state index contributed by atoms with van der Waals surface area (Å²) in [4.78, 5) is 24.7. The van der Waals surface area contributed by atoms with Crippen LogP contribution in [0.25, 0.3) is 5.65 Å². The van der Waals surface area contributed by atoms with E-state index in [4.69, 9.17) is 5.73 Å². The fraction of sp³-hybridized carbons (Fsp3) is 0.588. The molecule has 0 aliphatic heterocycles. The number of carbonyl (C=O) groups excluding carboxylic acids is 1. The first-order valence-corrected chi connectivity index (χ1v) is 8.71. The van der Waals surface area contributed by atoms with Crippen LogP contribution in [0.5, 0.6) is 0 Å². The Kier molecular flexibility index (Phi) is 5.15. The molecule has 2 bridgehead atoms. The molecule has 2 unspecified atom stereocenters. The van der Waals surface area contributed by atoms with E-state index >= 15 is 0 Å². The zero-order valence-corrected chi connectivity index (χ0v) is 14.8. The molecule has 0 saturated heterocycles. The molecule has 2 heterocycles. The minimum Gasteiger partial charge on any atom is -0.351 e. The lowest BCUT2D eigenvalue weighted by molar-refractivity contribution is -0.124. The van der Waals surface area contributed by atoms with Gasteiger partial charge in [-0.05, 0) is 49.7 Å². The molecule has 1 amide bonds. The first-order valence-electron chi connectivity index (χ1n) is 8.71. The van der Waals surface area contributed by atoms with Crippen molar-refractivity contribution in [2.75, 3.05) is 0 Å². The van der Waals surface area contributed by atoms with E-state index in [1.54, 1.807) is 18.3 Å². The van der Waals surface area contributed by atoms with Gasteiger partial charge in [0.25, 0.3) is 0 Å². The van der Waals surface area contributed by atoms with Crippen LogP contribution < -0.4 is 16.7 Å². The number of halogens is 1. The van der Waals surface area contributed by atoms with E-state index in [0.717, 1.165) is 25.7 Å². The maximum atomic E-state index is 12.5. The molecule has 0 spiro atoms. The zero-order chi connectivity index (χ0) is 16.7. The summed E-state index contributed by atoms with van der Waals surface area (Å²) in [5.41, 5.74) is 6.40. The van der Waals surface area contributed by atoms with Gasteiger partial charge in [0.1, 0.15) is 6.54 Å². The minimum absolute atomic E-state index is 0. The number of pyridine rings is 1. The number of hydrogen-bond acceptors (Lipinski definition) is 4. The SMILES string of the molecule is Cl.NC1CC2CCCC(C1)C2NC(=O)Cn1nc2ccccn2c1=O. The van der Waals surface area contributed by atoms with E-state index in [1.165, 1.54) is 15.5 Å². The molecule has 8 heteroatoms. The highest BCUT2D eigenvalue weighted by molar-refractivity contribution is 5.85. The lowest BCUT2D eigenvalue weighted by Crippen LogP contribution is -2.54. The first-order chi connectivity index (χ1) is 11.6. The Morgan fingerprint density at radius 3 is 2.68 bits per heavy atom. The number of rotatable bonds is 3. The van der Waals surface area contributed by atoms with Crippen molar-refractivity contribution in [3.05, 3.63) is 34.9 Å². The van der Waals surface area contributed by atoms with Crippen molar-refractivity contribution in [3.8, 4) is 0 Å². The van der Waals surface area contributed by atoms with Gasteiger partial charge < -0.3 is 11.1 Å². The quantitative estimate of drug-likeness (QED) is 0.846. The predicted octanol–water partition coefficient (Wildman–Crippen LogP) is 0.940. The zero-order valence-electron chi connectivity index (χ0n) is 14.0. The van der Waals surface area contributed by atoms with Crippen LogP contribution in [0.15, 0.2) is 29.2 Å². The molecule has 2 aliphatic rings. The van der Waals surface area contributed by atoms with E-state index in [0.29, 0.717) is 17.5 Å². The third-order valence-corrected chi connectivity index (χ3v) is 5.49. The Morgan fingerprint density at radius 2 is 2.00 bits per heavy atom. The largest absolute Gasteiger partial charge is 0.351 e. The summed E-state index contributed by atoms with van der Waals surface area (Å²) in [6.45, 7) is -0.0392. The number of fused-ring (bicyclic) bond motifs is 3. The molecule has 3 N–H and O–H groups in total. The third kappa shape index (κ3) is 3.43. The van der Waals surface area contributed by atoms with Gasteiger partial charge >= 0.3 is 5.69 Å². The lowest BCUT2D eigenvalue weighted by atomic mass is 9.67. The van der Waals surface area contributed by atoms with Crippen molar-refractivity contribution < 1.29 is 4.79 Å². The number of nitrogens with zero attached hydrogens (tertiary/aromatic N) is 3. The molecular formula is C17H24ClN5O2. The molecule has 0 radical (unpaired) electrons. The molecule has 2 fully saturated rings. The summed E-state index contributed by atoms with van der Waals surface area (Å²) in [6, 6.07) is 5.79. The van der Waals surface area contributed by atoms with E-state index in [1.807, 2.05) is 6.07 Å². The van der Waals surface area contributed by atoms with Crippen molar-refractivity contribution >= 4 is 24.0 Å². The van der Waals surface area contributed by atoms with Crippen molar-refractivity contribution in [2.24, 2.45) is 17.6 Å². The fourth-order valence-corrected chi connectivity index (χ4v) is 4.46. The summed E-state index contributed by atoms with van der Waals surface area (Å²) >= 11 is 0. The van der Waals surface area contributed by atoms with Gasteiger partial charge in [0, 0.05) is 18.3 Å². The molecular weight excluding hydrogens is 342 g/mol. The monoisotopic (exact) mass is 365 g/mol. The smallest absolute Gasteiger partial charge is 0.350 e. The maximum Gasteiger partial charge on any atom is 0.350 e. The third-order valence-electron chi connectivity index (χ3n) is 5.49. The van der Waals surface area contributed by atoms with Gasteiger partial charge in [-0.2, -0.15) is 0 Å². The van der Waals surface area contributed by atoms with Crippen LogP contribution in [0.4, 0.5) is 0 Å².